The fourth-order valence-corrected chi connectivity index (χ4v) is 1.56. The molecule has 1 aliphatic rings. The molecule has 6 heteroatoms. The molecule has 1 aliphatic heterocycles. The lowest BCUT2D eigenvalue weighted by Gasteiger charge is -2.19. The SMILES string of the molecule is C=C1C[C@@H](C(=O)N[C@H](C(=O)O)C(C)C)N=C1N. The first kappa shape index (κ1) is 13.2. The van der Waals surface area contributed by atoms with Gasteiger partial charge in [0.25, 0.3) is 0 Å². The average Bonchev–Trinajstić information content (AvgIpc) is 2.54. The number of nitrogens with zero attached hydrogens (tertiary/aromatic N) is 1. The monoisotopic (exact) mass is 239 g/mol. The molecule has 6 nitrogen and oxygen atoms in total. The minimum Gasteiger partial charge on any atom is -0.480 e. The first-order valence-corrected chi connectivity index (χ1v) is 5.37. The molecular weight excluding hydrogens is 222 g/mol. The first-order chi connectivity index (χ1) is 7.82. The molecule has 0 aromatic carbocycles. The van der Waals surface area contributed by atoms with E-state index in [2.05, 4.69) is 16.9 Å². The van der Waals surface area contributed by atoms with E-state index in [9.17, 15) is 9.59 Å². The van der Waals surface area contributed by atoms with E-state index in [1.165, 1.54) is 0 Å². The number of carbonyl (C=O) groups is 2. The molecule has 0 saturated heterocycles. The summed E-state index contributed by atoms with van der Waals surface area (Å²) in [6, 6.07) is -1.56. The highest BCUT2D eigenvalue weighted by molar-refractivity contribution is 6.02. The zero-order valence-corrected chi connectivity index (χ0v) is 9.93. The molecular formula is C11H17N3O3. The van der Waals surface area contributed by atoms with E-state index in [1.807, 2.05) is 0 Å². The Kier molecular flexibility index (Phi) is 3.88. The molecule has 0 spiro atoms. The molecule has 17 heavy (non-hydrogen) atoms. The molecule has 0 bridgehead atoms. The van der Waals surface area contributed by atoms with E-state index in [0.29, 0.717) is 12.0 Å². The Morgan fingerprint density at radius 2 is 2.18 bits per heavy atom. The van der Waals surface area contributed by atoms with Gasteiger partial charge in [-0.1, -0.05) is 20.4 Å². The number of amides is 1. The summed E-state index contributed by atoms with van der Waals surface area (Å²) >= 11 is 0. The van der Waals surface area contributed by atoms with Crippen LogP contribution in [0, 0.1) is 5.92 Å². The lowest BCUT2D eigenvalue weighted by atomic mass is 10.0. The van der Waals surface area contributed by atoms with E-state index in [-0.39, 0.29) is 11.8 Å². The molecule has 1 rings (SSSR count). The van der Waals surface area contributed by atoms with Crippen LogP contribution in [0.15, 0.2) is 17.1 Å². The maximum Gasteiger partial charge on any atom is 0.326 e. The maximum atomic E-state index is 11.8. The van der Waals surface area contributed by atoms with Gasteiger partial charge in [-0.05, 0) is 11.5 Å². The van der Waals surface area contributed by atoms with Crippen LogP contribution >= 0.6 is 0 Å². The minimum absolute atomic E-state index is 0.192. The molecule has 4 N–H and O–H groups in total. The quantitative estimate of drug-likeness (QED) is 0.637. The number of rotatable bonds is 4. The van der Waals surface area contributed by atoms with Crippen LogP contribution in [-0.2, 0) is 9.59 Å². The second kappa shape index (κ2) is 4.99. The Hall–Kier alpha value is -1.85. The number of aliphatic carboxylic acids is 1. The van der Waals surface area contributed by atoms with Crippen molar-refractivity contribution >= 4 is 17.7 Å². The fraction of sp³-hybridized carbons (Fsp3) is 0.545. The van der Waals surface area contributed by atoms with Gasteiger partial charge in [-0.25, -0.2) is 4.79 Å². The molecule has 1 heterocycles. The van der Waals surface area contributed by atoms with Crippen LogP contribution in [0.5, 0.6) is 0 Å². The molecule has 2 atom stereocenters. The van der Waals surface area contributed by atoms with E-state index < -0.39 is 24.0 Å². The Bertz CT molecular complexity index is 387. The summed E-state index contributed by atoms with van der Waals surface area (Å²) in [5, 5.41) is 11.4. The number of hydrogen-bond acceptors (Lipinski definition) is 4. The molecule has 0 aromatic heterocycles. The van der Waals surface area contributed by atoms with Crippen molar-refractivity contribution < 1.29 is 14.7 Å². The van der Waals surface area contributed by atoms with E-state index >= 15 is 0 Å². The van der Waals surface area contributed by atoms with E-state index in [4.69, 9.17) is 10.8 Å². The van der Waals surface area contributed by atoms with Crippen LogP contribution in [0.1, 0.15) is 20.3 Å². The summed E-state index contributed by atoms with van der Waals surface area (Å²) in [6.45, 7) is 7.12. The van der Waals surface area contributed by atoms with Crippen molar-refractivity contribution in [2.24, 2.45) is 16.6 Å². The third-order valence-electron chi connectivity index (χ3n) is 2.63. The summed E-state index contributed by atoms with van der Waals surface area (Å²) in [4.78, 5) is 26.6. The third kappa shape index (κ3) is 3.05. The maximum absolute atomic E-state index is 11.8. The highest BCUT2D eigenvalue weighted by Crippen LogP contribution is 2.16. The Labute approximate surface area is 99.6 Å². The van der Waals surface area contributed by atoms with Crippen LogP contribution in [0.25, 0.3) is 0 Å². The molecule has 1 amide bonds. The predicted molar refractivity (Wildman–Crippen MR) is 63.6 cm³/mol. The van der Waals surface area contributed by atoms with Crippen molar-refractivity contribution in [2.75, 3.05) is 0 Å². The summed E-state index contributed by atoms with van der Waals surface area (Å²) in [7, 11) is 0. The number of carbonyl (C=O) groups excluding carboxylic acids is 1. The predicted octanol–water partition coefficient (Wildman–Crippen LogP) is -0.102. The number of carboxylic acids is 1. The van der Waals surface area contributed by atoms with Gasteiger partial charge in [0.05, 0.1) is 0 Å². The number of nitrogens with two attached hydrogens (primary N) is 1. The van der Waals surface area contributed by atoms with Crippen LogP contribution in [-0.4, -0.2) is 34.9 Å². The van der Waals surface area contributed by atoms with Crippen molar-refractivity contribution in [3.8, 4) is 0 Å². The first-order valence-electron chi connectivity index (χ1n) is 5.37. The summed E-state index contributed by atoms with van der Waals surface area (Å²) < 4.78 is 0. The zero-order chi connectivity index (χ0) is 13.2. The zero-order valence-electron chi connectivity index (χ0n) is 9.93. The summed E-state index contributed by atoms with van der Waals surface area (Å²) in [5.41, 5.74) is 6.12. The number of amidine groups is 1. The standard InChI is InChI=1S/C11H17N3O3/c1-5(2)8(11(16)17)14-10(15)7-4-6(3)9(12)13-7/h5,7-8H,3-4H2,1-2H3,(H2,12,13)(H,14,15)(H,16,17)/t7-,8-/m0/s1. The minimum atomic E-state index is -1.05. The normalized spacial score (nSPS) is 21.2. The van der Waals surface area contributed by atoms with Crippen LogP contribution in [0.3, 0.4) is 0 Å². The molecule has 0 saturated carbocycles. The smallest absolute Gasteiger partial charge is 0.326 e. The van der Waals surface area contributed by atoms with Gasteiger partial charge >= 0.3 is 5.97 Å². The largest absolute Gasteiger partial charge is 0.480 e. The van der Waals surface area contributed by atoms with Gasteiger partial charge in [-0.2, -0.15) is 0 Å². The lowest BCUT2D eigenvalue weighted by molar-refractivity contribution is -0.143. The lowest BCUT2D eigenvalue weighted by Crippen LogP contribution is -2.47. The van der Waals surface area contributed by atoms with Crippen molar-refractivity contribution in [1.29, 1.82) is 0 Å². The third-order valence-corrected chi connectivity index (χ3v) is 2.63. The molecule has 0 aliphatic carbocycles. The van der Waals surface area contributed by atoms with Crippen molar-refractivity contribution in [1.82, 2.24) is 5.32 Å². The van der Waals surface area contributed by atoms with Gasteiger partial charge in [-0.15, -0.1) is 0 Å². The van der Waals surface area contributed by atoms with Gasteiger partial charge < -0.3 is 16.2 Å². The molecule has 94 valence electrons. The second-order valence-electron chi connectivity index (χ2n) is 4.41. The van der Waals surface area contributed by atoms with E-state index in [0.717, 1.165) is 0 Å². The Balaban J connectivity index is 2.67. The van der Waals surface area contributed by atoms with Crippen LogP contribution < -0.4 is 11.1 Å². The number of nitrogens with one attached hydrogen (secondary N) is 1. The fourth-order valence-electron chi connectivity index (χ4n) is 1.56. The van der Waals surface area contributed by atoms with E-state index in [1.54, 1.807) is 13.8 Å². The molecule has 0 radical (unpaired) electrons. The van der Waals surface area contributed by atoms with Crippen LogP contribution in [0.4, 0.5) is 0 Å². The number of aliphatic imine (C=N–C) groups is 1. The summed E-state index contributed by atoms with van der Waals surface area (Å²) in [6.07, 6.45) is 0.349. The van der Waals surface area contributed by atoms with Gasteiger partial charge in [0.2, 0.25) is 5.91 Å². The molecule has 0 unspecified atom stereocenters. The van der Waals surface area contributed by atoms with Crippen LogP contribution in [0.2, 0.25) is 0 Å². The van der Waals surface area contributed by atoms with Crippen molar-refractivity contribution in [3.05, 3.63) is 12.2 Å². The van der Waals surface area contributed by atoms with Crippen molar-refractivity contribution in [3.63, 3.8) is 0 Å². The molecule has 0 fully saturated rings. The Morgan fingerprint density at radius 3 is 2.53 bits per heavy atom. The van der Waals surface area contributed by atoms with Gasteiger partial charge in [0.15, 0.2) is 0 Å². The average molecular weight is 239 g/mol. The topological polar surface area (TPSA) is 105 Å². The van der Waals surface area contributed by atoms with Gasteiger partial charge in [0, 0.05) is 6.42 Å². The number of hydrogen-bond donors (Lipinski definition) is 3. The van der Waals surface area contributed by atoms with Gasteiger partial charge in [-0.3, -0.25) is 9.79 Å². The second-order valence-corrected chi connectivity index (χ2v) is 4.41. The summed E-state index contributed by atoms with van der Waals surface area (Å²) in [5.74, 6) is -1.40. The molecule has 0 aromatic rings. The van der Waals surface area contributed by atoms with Crippen molar-refractivity contribution in [2.45, 2.75) is 32.4 Å². The highest BCUT2D eigenvalue weighted by Gasteiger charge is 2.30. The highest BCUT2D eigenvalue weighted by atomic mass is 16.4. The Morgan fingerprint density at radius 1 is 1.59 bits per heavy atom. The van der Waals surface area contributed by atoms with Gasteiger partial charge in [0.1, 0.15) is 17.9 Å². The number of carboxylic acid groups (broad SMARTS) is 1.